The van der Waals surface area contributed by atoms with E-state index in [4.69, 9.17) is 16.3 Å². The largest absolute Gasteiger partial charge is 0.379 e. The van der Waals surface area contributed by atoms with Gasteiger partial charge in [-0.3, -0.25) is 9.69 Å². The Kier molecular flexibility index (Phi) is 7.38. The molecule has 0 aliphatic carbocycles. The van der Waals surface area contributed by atoms with E-state index < -0.39 is 0 Å². The predicted molar refractivity (Wildman–Crippen MR) is 109 cm³/mol. The molecule has 0 unspecified atom stereocenters. The summed E-state index contributed by atoms with van der Waals surface area (Å²) in [6.45, 7) is 4.49. The molecule has 1 saturated heterocycles. The second kappa shape index (κ2) is 9.97. The molecule has 2 aromatic carbocycles. The van der Waals surface area contributed by atoms with Gasteiger partial charge in [-0.1, -0.05) is 35.9 Å². The van der Waals surface area contributed by atoms with E-state index in [0.29, 0.717) is 5.75 Å². The molecule has 3 rings (SSSR count). The number of amides is 1. The van der Waals surface area contributed by atoms with Gasteiger partial charge in [0, 0.05) is 36.1 Å². The van der Waals surface area contributed by atoms with Crippen LogP contribution in [0.25, 0.3) is 0 Å². The highest BCUT2D eigenvalue weighted by molar-refractivity contribution is 7.99. The van der Waals surface area contributed by atoms with E-state index in [1.54, 1.807) is 11.8 Å². The number of nitrogens with one attached hydrogen (secondary N) is 1. The Hall–Kier alpha value is -1.53. The molecule has 6 heteroatoms. The highest BCUT2D eigenvalue weighted by atomic mass is 35.5. The van der Waals surface area contributed by atoms with Crippen molar-refractivity contribution in [2.75, 3.05) is 37.4 Å². The van der Waals surface area contributed by atoms with Crippen LogP contribution in [0.15, 0.2) is 48.5 Å². The summed E-state index contributed by atoms with van der Waals surface area (Å²) >= 11 is 7.47. The Morgan fingerprint density at radius 1 is 1.04 bits per heavy atom. The zero-order chi connectivity index (χ0) is 18.2. The number of nitrogens with zero attached hydrogens (tertiary/aromatic N) is 1. The fraction of sp³-hybridized carbons (Fsp3) is 0.350. The predicted octanol–water partition coefficient (Wildman–Crippen LogP) is 4.04. The first kappa shape index (κ1) is 19.2. The summed E-state index contributed by atoms with van der Waals surface area (Å²) in [5, 5.41) is 3.68. The number of halogens is 1. The fourth-order valence-corrected chi connectivity index (χ4v) is 3.66. The molecule has 0 aromatic heterocycles. The molecule has 1 aliphatic heterocycles. The normalized spacial score (nSPS) is 15.0. The maximum Gasteiger partial charge on any atom is 0.234 e. The molecule has 26 heavy (non-hydrogen) atoms. The molecule has 1 fully saturated rings. The van der Waals surface area contributed by atoms with Crippen molar-refractivity contribution in [3.8, 4) is 0 Å². The lowest BCUT2D eigenvalue weighted by Gasteiger charge is -2.26. The molecule has 0 saturated carbocycles. The Labute approximate surface area is 163 Å². The van der Waals surface area contributed by atoms with Gasteiger partial charge in [0.15, 0.2) is 0 Å². The first-order valence-electron chi connectivity index (χ1n) is 8.70. The topological polar surface area (TPSA) is 41.6 Å². The molecule has 0 spiro atoms. The Bertz CT molecular complexity index is 701. The standard InChI is InChI=1S/C20H23ClN2O2S/c21-18-5-1-17(2-6-18)14-26-15-20(24)22-19-7-3-16(4-8-19)13-23-9-11-25-12-10-23/h1-8H,9-15H2,(H,22,24). The maximum atomic E-state index is 12.1. The summed E-state index contributed by atoms with van der Waals surface area (Å²) in [7, 11) is 0. The second-order valence-corrected chi connectivity index (χ2v) is 7.67. The van der Waals surface area contributed by atoms with Crippen molar-refractivity contribution in [1.82, 2.24) is 4.90 Å². The molecule has 1 amide bonds. The van der Waals surface area contributed by atoms with Crippen molar-refractivity contribution in [3.63, 3.8) is 0 Å². The van der Waals surface area contributed by atoms with Crippen LogP contribution < -0.4 is 5.32 Å². The van der Waals surface area contributed by atoms with E-state index >= 15 is 0 Å². The first-order valence-corrected chi connectivity index (χ1v) is 10.2. The molecule has 1 N–H and O–H groups in total. The van der Waals surface area contributed by atoms with Crippen LogP contribution in [0.1, 0.15) is 11.1 Å². The molecule has 1 aliphatic rings. The molecular weight excluding hydrogens is 368 g/mol. The monoisotopic (exact) mass is 390 g/mol. The lowest BCUT2D eigenvalue weighted by molar-refractivity contribution is -0.113. The lowest BCUT2D eigenvalue weighted by atomic mass is 10.2. The third-order valence-corrected chi connectivity index (χ3v) is 5.42. The third-order valence-electron chi connectivity index (χ3n) is 4.16. The quantitative estimate of drug-likeness (QED) is 0.774. The van der Waals surface area contributed by atoms with Gasteiger partial charge in [0.2, 0.25) is 5.91 Å². The van der Waals surface area contributed by atoms with Gasteiger partial charge in [0.1, 0.15) is 0 Å². The van der Waals surface area contributed by atoms with E-state index in [1.807, 2.05) is 36.4 Å². The number of anilines is 1. The number of rotatable bonds is 7. The Balaban J connectivity index is 1.40. The highest BCUT2D eigenvalue weighted by Gasteiger charge is 2.10. The zero-order valence-electron chi connectivity index (χ0n) is 14.6. The summed E-state index contributed by atoms with van der Waals surface area (Å²) in [6.07, 6.45) is 0. The minimum Gasteiger partial charge on any atom is -0.379 e. The van der Waals surface area contributed by atoms with E-state index in [2.05, 4.69) is 22.3 Å². The van der Waals surface area contributed by atoms with Crippen molar-refractivity contribution in [3.05, 3.63) is 64.7 Å². The minimum atomic E-state index is 0.0184. The number of carbonyl (C=O) groups excluding carboxylic acids is 1. The van der Waals surface area contributed by atoms with Crippen LogP contribution in [-0.2, 0) is 21.8 Å². The third kappa shape index (κ3) is 6.32. The van der Waals surface area contributed by atoms with Gasteiger partial charge in [-0.25, -0.2) is 0 Å². The number of morpholine rings is 1. The first-order chi connectivity index (χ1) is 12.7. The van der Waals surface area contributed by atoms with Crippen LogP contribution in [0, 0.1) is 0 Å². The summed E-state index contributed by atoms with van der Waals surface area (Å²) in [4.78, 5) is 14.5. The molecule has 0 atom stereocenters. The van der Waals surface area contributed by atoms with Crippen molar-refractivity contribution in [1.29, 1.82) is 0 Å². The van der Waals surface area contributed by atoms with Crippen LogP contribution in [0.4, 0.5) is 5.69 Å². The van der Waals surface area contributed by atoms with Gasteiger partial charge in [0.05, 0.1) is 19.0 Å². The highest BCUT2D eigenvalue weighted by Crippen LogP contribution is 2.17. The Morgan fingerprint density at radius 2 is 1.69 bits per heavy atom. The minimum absolute atomic E-state index is 0.0184. The number of thioether (sulfide) groups is 1. The van der Waals surface area contributed by atoms with Crippen LogP contribution in [-0.4, -0.2) is 42.9 Å². The molecular formula is C20H23ClN2O2S. The number of carbonyl (C=O) groups is 1. The lowest BCUT2D eigenvalue weighted by Crippen LogP contribution is -2.35. The molecule has 2 aromatic rings. The van der Waals surface area contributed by atoms with Gasteiger partial charge in [-0.2, -0.15) is 0 Å². The fourth-order valence-electron chi connectivity index (χ4n) is 2.75. The van der Waals surface area contributed by atoms with Crippen LogP contribution >= 0.6 is 23.4 Å². The smallest absolute Gasteiger partial charge is 0.234 e. The van der Waals surface area contributed by atoms with E-state index in [-0.39, 0.29) is 5.91 Å². The van der Waals surface area contributed by atoms with Gasteiger partial charge in [-0.05, 0) is 35.4 Å². The van der Waals surface area contributed by atoms with Crippen molar-refractivity contribution < 1.29 is 9.53 Å². The summed E-state index contributed by atoms with van der Waals surface area (Å²) < 4.78 is 5.37. The van der Waals surface area contributed by atoms with Crippen LogP contribution in [0.2, 0.25) is 5.02 Å². The molecule has 1 heterocycles. The summed E-state index contributed by atoms with van der Waals surface area (Å²) in [6, 6.07) is 15.8. The van der Waals surface area contributed by atoms with Crippen molar-refractivity contribution in [2.24, 2.45) is 0 Å². The summed E-state index contributed by atoms with van der Waals surface area (Å²) in [5.74, 6) is 1.24. The van der Waals surface area contributed by atoms with Crippen molar-refractivity contribution >= 4 is 35.0 Å². The molecule has 4 nitrogen and oxygen atoms in total. The van der Waals surface area contributed by atoms with Gasteiger partial charge < -0.3 is 10.1 Å². The number of hydrogen-bond acceptors (Lipinski definition) is 4. The number of benzene rings is 2. The van der Waals surface area contributed by atoms with E-state index in [1.165, 1.54) is 11.1 Å². The molecule has 0 bridgehead atoms. The van der Waals surface area contributed by atoms with Crippen LogP contribution in [0.5, 0.6) is 0 Å². The Morgan fingerprint density at radius 3 is 2.38 bits per heavy atom. The SMILES string of the molecule is O=C(CSCc1ccc(Cl)cc1)Nc1ccc(CN2CCOCC2)cc1. The van der Waals surface area contributed by atoms with E-state index in [9.17, 15) is 4.79 Å². The van der Waals surface area contributed by atoms with Crippen molar-refractivity contribution in [2.45, 2.75) is 12.3 Å². The molecule has 0 radical (unpaired) electrons. The average molecular weight is 391 g/mol. The second-order valence-electron chi connectivity index (χ2n) is 6.25. The van der Waals surface area contributed by atoms with E-state index in [0.717, 1.165) is 49.3 Å². The van der Waals surface area contributed by atoms with Gasteiger partial charge >= 0.3 is 0 Å². The molecule has 138 valence electrons. The zero-order valence-corrected chi connectivity index (χ0v) is 16.2. The average Bonchev–Trinajstić information content (AvgIpc) is 2.66. The number of ether oxygens (including phenoxy) is 1. The summed E-state index contributed by atoms with van der Waals surface area (Å²) in [5.41, 5.74) is 3.26. The number of hydrogen-bond donors (Lipinski definition) is 1. The van der Waals surface area contributed by atoms with Crippen LogP contribution in [0.3, 0.4) is 0 Å². The van der Waals surface area contributed by atoms with Gasteiger partial charge in [0.25, 0.3) is 0 Å². The van der Waals surface area contributed by atoms with Gasteiger partial charge in [-0.15, -0.1) is 11.8 Å². The maximum absolute atomic E-state index is 12.1.